The number of benzene rings is 1. The number of oxazole rings is 1. The van der Waals surface area contributed by atoms with E-state index in [4.69, 9.17) is 4.42 Å². The summed E-state index contributed by atoms with van der Waals surface area (Å²) in [6, 6.07) is 7.36. The Morgan fingerprint density at radius 1 is 1.14 bits per heavy atom. The van der Waals surface area contributed by atoms with Gasteiger partial charge in [-0.1, -0.05) is 38.2 Å². The topological polar surface area (TPSA) is 113 Å². The predicted molar refractivity (Wildman–Crippen MR) is 139 cm³/mol. The fourth-order valence-corrected chi connectivity index (χ4v) is 4.94. The number of pyridine rings is 1. The Balaban J connectivity index is 1.39. The van der Waals surface area contributed by atoms with Crippen LogP contribution in [-0.4, -0.2) is 50.1 Å². The van der Waals surface area contributed by atoms with E-state index in [0.29, 0.717) is 28.9 Å². The van der Waals surface area contributed by atoms with Crippen LogP contribution in [0, 0.1) is 0 Å². The number of anilines is 1. The number of fused-ring (bicyclic) bond motifs is 1. The molecule has 4 aromatic rings. The maximum atomic E-state index is 12.4. The van der Waals surface area contributed by atoms with Crippen LogP contribution >= 0.6 is 11.3 Å². The zero-order valence-electron chi connectivity index (χ0n) is 20.3. The summed E-state index contributed by atoms with van der Waals surface area (Å²) in [5, 5.41) is 6.10. The third-order valence-corrected chi connectivity index (χ3v) is 7.33. The van der Waals surface area contributed by atoms with Crippen LogP contribution in [0.15, 0.2) is 52.2 Å². The summed E-state index contributed by atoms with van der Waals surface area (Å²) >= 11 is 1.38. The Hall–Kier alpha value is -3.15. The number of hydrogen-bond acceptors (Lipinski definition) is 7. The predicted octanol–water partition coefficient (Wildman–Crippen LogP) is 4.59. The van der Waals surface area contributed by atoms with Gasteiger partial charge in [-0.2, -0.15) is 0 Å². The zero-order valence-corrected chi connectivity index (χ0v) is 21.9. The Labute approximate surface area is 210 Å². The van der Waals surface area contributed by atoms with Crippen molar-refractivity contribution in [3.05, 3.63) is 54.5 Å². The quantitative estimate of drug-likeness (QED) is 0.374. The lowest BCUT2D eigenvalue weighted by Gasteiger charge is -2.13. The van der Waals surface area contributed by atoms with E-state index in [9.17, 15) is 9.00 Å². The first kappa shape index (κ1) is 25.0. The van der Waals surface area contributed by atoms with Crippen molar-refractivity contribution >= 4 is 43.7 Å². The molecule has 0 saturated carbocycles. The Bertz CT molecular complexity index is 1370. The highest BCUT2D eigenvalue weighted by Gasteiger charge is 2.19. The molecule has 184 valence electrons. The molecular formula is C24H28N6O3S2. The van der Waals surface area contributed by atoms with Gasteiger partial charge in [0.1, 0.15) is 16.7 Å². The lowest BCUT2D eigenvalue weighted by Crippen LogP contribution is -2.30. The number of nitrogens with zero attached hydrogens (tertiary/aromatic N) is 4. The number of aromatic nitrogens is 3. The van der Waals surface area contributed by atoms with Crippen LogP contribution in [0.4, 0.5) is 9.93 Å². The number of rotatable bonds is 7. The van der Waals surface area contributed by atoms with Crippen molar-refractivity contribution in [1.82, 2.24) is 24.6 Å². The van der Waals surface area contributed by atoms with Crippen molar-refractivity contribution in [3.63, 3.8) is 0 Å². The van der Waals surface area contributed by atoms with Crippen LogP contribution in [0.2, 0.25) is 0 Å². The molecule has 2 N–H and O–H groups in total. The highest BCUT2D eigenvalue weighted by atomic mass is 32.2. The van der Waals surface area contributed by atoms with E-state index >= 15 is 0 Å². The first-order valence-electron chi connectivity index (χ1n) is 11.1. The molecule has 0 spiro atoms. The smallest absolute Gasteiger partial charge is 0.321 e. The summed E-state index contributed by atoms with van der Waals surface area (Å²) in [6.07, 6.45) is 5.58. The van der Waals surface area contributed by atoms with Crippen LogP contribution < -0.4 is 10.6 Å². The third kappa shape index (κ3) is 6.11. The first-order valence-corrected chi connectivity index (χ1v) is 13.0. The van der Waals surface area contributed by atoms with Crippen molar-refractivity contribution < 1.29 is 13.4 Å². The Morgan fingerprint density at radius 2 is 1.94 bits per heavy atom. The summed E-state index contributed by atoms with van der Waals surface area (Å²) < 4.78 is 20.7. The number of thiazole rings is 1. The molecule has 3 heterocycles. The summed E-state index contributed by atoms with van der Waals surface area (Å²) in [4.78, 5) is 26.0. The molecule has 0 fully saturated rings. The molecular weight excluding hydrogens is 484 g/mol. The van der Waals surface area contributed by atoms with Gasteiger partial charge < -0.3 is 9.73 Å². The van der Waals surface area contributed by atoms with Gasteiger partial charge in [-0.15, -0.1) is 0 Å². The van der Waals surface area contributed by atoms with Gasteiger partial charge in [0.2, 0.25) is 0 Å². The molecule has 9 nitrogen and oxygen atoms in total. The zero-order chi connectivity index (χ0) is 25.2. The summed E-state index contributed by atoms with van der Waals surface area (Å²) in [5.74, 6) is 1.41. The molecule has 0 saturated heterocycles. The number of carbonyl (C=O) groups excluding carboxylic acids is 1. The average molecular weight is 513 g/mol. The molecule has 3 aromatic heterocycles. The van der Waals surface area contributed by atoms with Crippen molar-refractivity contribution in [2.45, 2.75) is 37.5 Å². The highest BCUT2D eigenvalue weighted by molar-refractivity contribution is 7.82. The van der Waals surface area contributed by atoms with E-state index in [2.05, 4.69) is 46.4 Å². The normalized spacial score (nSPS) is 12.7. The van der Waals surface area contributed by atoms with Gasteiger partial charge in [0.15, 0.2) is 11.0 Å². The number of amides is 2. The van der Waals surface area contributed by atoms with Crippen LogP contribution in [0.25, 0.3) is 21.3 Å². The summed E-state index contributed by atoms with van der Waals surface area (Å²) in [7, 11) is 2.24. The molecule has 0 radical (unpaired) electrons. The van der Waals surface area contributed by atoms with Gasteiger partial charge in [0.25, 0.3) is 0 Å². The van der Waals surface area contributed by atoms with Crippen LogP contribution in [-0.2, 0) is 22.8 Å². The largest absolute Gasteiger partial charge is 0.445 e. The van der Waals surface area contributed by atoms with Crippen molar-refractivity contribution in [3.8, 4) is 11.1 Å². The second-order valence-electron chi connectivity index (χ2n) is 9.17. The fraction of sp³-hybridized carbons (Fsp3) is 0.333. The molecule has 1 aromatic carbocycles. The standard InChI is InChI=1S/C24H28N6O3S2/c1-24(2,3)20-14-27-21(33-20)8-9-26-22(31)29-23-28-18-7-6-15(11-19(18)34-23)16-10-17(13-25-12-16)35(32)30(4)5/h6-7,10-14H,8-9H2,1-5H3,(H2,26,28,29,31). The fourth-order valence-electron chi connectivity index (χ4n) is 3.24. The van der Waals surface area contributed by atoms with Gasteiger partial charge in [0, 0.05) is 36.3 Å². The average Bonchev–Trinajstić information content (AvgIpc) is 3.44. The molecule has 11 heteroatoms. The van der Waals surface area contributed by atoms with Crippen LogP contribution in [0.3, 0.4) is 0 Å². The van der Waals surface area contributed by atoms with Gasteiger partial charge in [-0.3, -0.25) is 10.3 Å². The van der Waals surface area contributed by atoms with Crippen molar-refractivity contribution in [1.29, 1.82) is 0 Å². The molecule has 0 aliphatic heterocycles. The van der Waals surface area contributed by atoms with E-state index < -0.39 is 11.0 Å². The van der Waals surface area contributed by atoms with E-state index in [1.165, 1.54) is 11.3 Å². The van der Waals surface area contributed by atoms with Gasteiger partial charge in [-0.25, -0.2) is 23.3 Å². The van der Waals surface area contributed by atoms with E-state index in [1.807, 2.05) is 24.3 Å². The minimum absolute atomic E-state index is 0.104. The highest BCUT2D eigenvalue weighted by Crippen LogP contribution is 2.31. The third-order valence-electron chi connectivity index (χ3n) is 5.11. The first-order chi connectivity index (χ1) is 16.6. The summed E-state index contributed by atoms with van der Waals surface area (Å²) in [6.45, 7) is 6.57. The second kappa shape index (κ2) is 10.2. The summed E-state index contributed by atoms with van der Waals surface area (Å²) in [5.41, 5.74) is 2.47. The Kier molecular flexibility index (Phi) is 7.29. The lowest BCUT2D eigenvalue weighted by atomic mass is 9.94. The monoisotopic (exact) mass is 512 g/mol. The number of nitrogens with one attached hydrogen (secondary N) is 2. The van der Waals surface area contributed by atoms with Crippen molar-refractivity contribution in [2.24, 2.45) is 0 Å². The lowest BCUT2D eigenvalue weighted by molar-refractivity contribution is 0.252. The minimum Gasteiger partial charge on any atom is -0.445 e. The molecule has 0 aliphatic rings. The van der Waals surface area contributed by atoms with Crippen LogP contribution in [0.1, 0.15) is 32.4 Å². The SMILES string of the molecule is CN(C)S(=O)c1cncc(-c2ccc3nc(NC(=O)NCCc4ncc(C(C)(C)C)o4)sc3c2)c1. The van der Waals surface area contributed by atoms with Gasteiger partial charge in [-0.05, 0) is 37.9 Å². The molecule has 2 amide bonds. The number of hydrogen-bond donors (Lipinski definition) is 2. The molecule has 1 unspecified atom stereocenters. The maximum Gasteiger partial charge on any atom is 0.321 e. The van der Waals surface area contributed by atoms with Crippen molar-refractivity contribution in [2.75, 3.05) is 26.0 Å². The second-order valence-corrected chi connectivity index (χ2v) is 11.9. The number of carbonyl (C=O) groups is 1. The molecule has 4 rings (SSSR count). The molecule has 0 aliphatic carbocycles. The van der Waals surface area contributed by atoms with Crippen LogP contribution in [0.5, 0.6) is 0 Å². The molecule has 0 bridgehead atoms. The van der Waals surface area contributed by atoms with Gasteiger partial charge in [0.05, 0.1) is 21.3 Å². The minimum atomic E-state index is -1.27. The molecule has 35 heavy (non-hydrogen) atoms. The van der Waals surface area contributed by atoms with E-state index in [1.54, 1.807) is 37.0 Å². The van der Waals surface area contributed by atoms with E-state index in [-0.39, 0.29) is 11.4 Å². The van der Waals surface area contributed by atoms with Gasteiger partial charge >= 0.3 is 6.03 Å². The maximum absolute atomic E-state index is 12.4. The Morgan fingerprint density at radius 3 is 2.66 bits per heavy atom. The van der Waals surface area contributed by atoms with E-state index in [0.717, 1.165) is 27.1 Å². The molecule has 1 atom stereocenters. The number of urea groups is 1.